The highest BCUT2D eigenvalue weighted by molar-refractivity contribution is 6.20. The highest BCUT2D eigenvalue weighted by Gasteiger charge is 2.16. The molecule has 0 fully saturated rings. The maximum absolute atomic E-state index is 6.38. The molecule has 76 valence electrons. The molecule has 1 aromatic carbocycles. The van der Waals surface area contributed by atoms with E-state index in [0.29, 0.717) is 0 Å². The highest BCUT2D eigenvalue weighted by Crippen LogP contribution is 2.33. The van der Waals surface area contributed by atoms with Crippen LogP contribution in [0.2, 0.25) is 0 Å². The number of alkyl halides is 1. The van der Waals surface area contributed by atoms with Crippen LogP contribution in [-0.4, -0.2) is 0 Å². The first-order valence-electron chi connectivity index (χ1n) is 5.57. The predicted molar refractivity (Wildman–Crippen MR) is 62.0 cm³/mol. The van der Waals surface area contributed by atoms with E-state index in [2.05, 4.69) is 25.1 Å². The largest absolute Gasteiger partial charge is 0.118 e. The molecular formula is C13H17Cl. The molecule has 0 saturated heterocycles. The number of hydrogen-bond acceptors (Lipinski definition) is 0. The smallest absolute Gasteiger partial charge is 0.0588 e. The Kier molecular flexibility index (Phi) is 3.12. The van der Waals surface area contributed by atoms with E-state index in [1.54, 1.807) is 0 Å². The third-order valence-electron chi connectivity index (χ3n) is 3.11. The molecule has 2 rings (SSSR count). The maximum atomic E-state index is 6.38. The second-order valence-electron chi connectivity index (χ2n) is 4.10. The Bertz CT molecular complexity index is 317. The van der Waals surface area contributed by atoms with Gasteiger partial charge >= 0.3 is 0 Å². The van der Waals surface area contributed by atoms with Gasteiger partial charge in [-0.15, -0.1) is 11.6 Å². The van der Waals surface area contributed by atoms with Crippen LogP contribution in [0.4, 0.5) is 0 Å². The molecule has 0 nitrogen and oxygen atoms in total. The minimum Gasteiger partial charge on any atom is -0.118 e. The molecule has 0 saturated carbocycles. The fraction of sp³-hybridized carbons (Fsp3) is 0.538. The molecule has 0 heterocycles. The van der Waals surface area contributed by atoms with Gasteiger partial charge in [0.05, 0.1) is 5.38 Å². The fourth-order valence-electron chi connectivity index (χ4n) is 2.18. The van der Waals surface area contributed by atoms with Crippen molar-refractivity contribution in [3.05, 3.63) is 34.9 Å². The van der Waals surface area contributed by atoms with Crippen molar-refractivity contribution in [2.45, 2.75) is 44.4 Å². The van der Waals surface area contributed by atoms with Crippen molar-refractivity contribution in [3.63, 3.8) is 0 Å². The first-order chi connectivity index (χ1) is 6.81. The van der Waals surface area contributed by atoms with Crippen LogP contribution in [0.1, 0.15) is 48.3 Å². The summed E-state index contributed by atoms with van der Waals surface area (Å²) in [6.07, 6.45) is 6.02. The van der Waals surface area contributed by atoms with Gasteiger partial charge in [-0.1, -0.05) is 31.5 Å². The standard InChI is InChI=1S/C13H17Cl/c1-2-10-7-8-11-5-3-4-6-13(14)12(11)9-10/h7-9,13H,2-6H2,1H3. The Morgan fingerprint density at radius 2 is 2.21 bits per heavy atom. The number of benzene rings is 1. The lowest BCUT2D eigenvalue weighted by molar-refractivity contribution is 0.699. The molecular weight excluding hydrogens is 192 g/mol. The van der Waals surface area contributed by atoms with Gasteiger partial charge in [0.2, 0.25) is 0 Å². The topological polar surface area (TPSA) is 0 Å². The summed E-state index contributed by atoms with van der Waals surface area (Å²) in [6.45, 7) is 2.20. The average Bonchev–Trinajstić information content (AvgIpc) is 2.40. The Morgan fingerprint density at radius 3 is 3.00 bits per heavy atom. The summed E-state index contributed by atoms with van der Waals surface area (Å²) in [5.41, 5.74) is 4.28. The van der Waals surface area contributed by atoms with Crippen molar-refractivity contribution in [3.8, 4) is 0 Å². The molecule has 1 aliphatic carbocycles. The quantitative estimate of drug-likeness (QED) is 0.478. The average molecular weight is 209 g/mol. The number of hydrogen-bond donors (Lipinski definition) is 0. The molecule has 14 heavy (non-hydrogen) atoms. The highest BCUT2D eigenvalue weighted by atomic mass is 35.5. The van der Waals surface area contributed by atoms with Gasteiger partial charge in [0.15, 0.2) is 0 Å². The lowest BCUT2D eigenvalue weighted by Crippen LogP contribution is -1.95. The van der Waals surface area contributed by atoms with E-state index in [9.17, 15) is 0 Å². The minimum absolute atomic E-state index is 0.249. The summed E-state index contributed by atoms with van der Waals surface area (Å²) in [6, 6.07) is 6.82. The summed E-state index contributed by atoms with van der Waals surface area (Å²) in [4.78, 5) is 0. The van der Waals surface area contributed by atoms with Gasteiger partial charge in [-0.2, -0.15) is 0 Å². The molecule has 1 unspecified atom stereocenters. The second kappa shape index (κ2) is 4.35. The predicted octanol–water partition coefficient (Wildman–Crippen LogP) is 4.26. The molecule has 0 radical (unpaired) electrons. The summed E-state index contributed by atoms with van der Waals surface area (Å²) in [5, 5.41) is 0.249. The van der Waals surface area contributed by atoms with Crippen LogP contribution in [-0.2, 0) is 12.8 Å². The number of halogens is 1. The van der Waals surface area contributed by atoms with Crippen molar-refractivity contribution in [1.82, 2.24) is 0 Å². The van der Waals surface area contributed by atoms with E-state index < -0.39 is 0 Å². The van der Waals surface area contributed by atoms with E-state index in [4.69, 9.17) is 11.6 Å². The van der Waals surface area contributed by atoms with Gasteiger partial charge in [0.25, 0.3) is 0 Å². The molecule has 1 aromatic rings. The SMILES string of the molecule is CCc1ccc2c(c1)C(Cl)CCCC2. The summed E-state index contributed by atoms with van der Waals surface area (Å²) in [7, 11) is 0. The van der Waals surface area contributed by atoms with E-state index in [-0.39, 0.29) is 5.38 Å². The Labute approximate surface area is 91.3 Å². The summed E-state index contributed by atoms with van der Waals surface area (Å²) >= 11 is 6.38. The van der Waals surface area contributed by atoms with Crippen molar-refractivity contribution in [2.75, 3.05) is 0 Å². The molecule has 1 atom stereocenters. The first kappa shape index (κ1) is 10.0. The third kappa shape index (κ3) is 1.95. The molecule has 0 aliphatic heterocycles. The summed E-state index contributed by atoms with van der Waals surface area (Å²) < 4.78 is 0. The third-order valence-corrected chi connectivity index (χ3v) is 3.56. The van der Waals surface area contributed by atoms with E-state index in [1.165, 1.54) is 36.0 Å². The van der Waals surface area contributed by atoms with E-state index in [0.717, 1.165) is 12.8 Å². The van der Waals surface area contributed by atoms with Crippen molar-refractivity contribution < 1.29 is 0 Å². The van der Waals surface area contributed by atoms with E-state index in [1.807, 2.05) is 0 Å². The van der Waals surface area contributed by atoms with Gasteiger partial charge in [-0.3, -0.25) is 0 Å². The lowest BCUT2D eigenvalue weighted by Gasteiger charge is -2.11. The Balaban J connectivity index is 2.39. The van der Waals surface area contributed by atoms with Crippen LogP contribution in [0.5, 0.6) is 0 Å². The van der Waals surface area contributed by atoms with Crippen LogP contribution in [0.15, 0.2) is 18.2 Å². The molecule has 0 spiro atoms. The molecule has 1 heteroatoms. The maximum Gasteiger partial charge on any atom is 0.0588 e. The lowest BCUT2D eigenvalue weighted by atomic mass is 9.99. The van der Waals surface area contributed by atoms with Crippen LogP contribution in [0.3, 0.4) is 0 Å². The zero-order chi connectivity index (χ0) is 9.97. The zero-order valence-corrected chi connectivity index (χ0v) is 9.48. The van der Waals surface area contributed by atoms with Gasteiger partial charge in [-0.05, 0) is 42.4 Å². The minimum atomic E-state index is 0.249. The number of aryl methyl sites for hydroxylation is 2. The number of rotatable bonds is 1. The molecule has 0 bridgehead atoms. The van der Waals surface area contributed by atoms with Gasteiger partial charge < -0.3 is 0 Å². The van der Waals surface area contributed by atoms with Crippen LogP contribution in [0, 0.1) is 0 Å². The normalized spacial score (nSPS) is 21.4. The molecule has 0 N–H and O–H groups in total. The Morgan fingerprint density at radius 1 is 1.36 bits per heavy atom. The van der Waals surface area contributed by atoms with Crippen molar-refractivity contribution in [2.24, 2.45) is 0 Å². The van der Waals surface area contributed by atoms with Gasteiger partial charge in [0, 0.05) is 0 Å². The van der Waals surface area contributed by atoms with Crippen molar-refractivity contribution >= 4 is 11.6 Å². The molecule has 0 aromatic heterocycles. The molecule has 1 aliphatic rings. The van der Waals surface area contributed by atoms with Crippen molar-refractivity contribution in [1.29, 1.82) is 0 Å². The van der Waals surface area contributed by atoms with E-state index >= 15 is 0 Å². The second-order valence-corrected chi connectivity index (χ2v) is 4.63. The first-order valence-corrected chi connectivity index (χ1v) is 6.00. The fourth-order valence-corrected chi connectivity index (χ4v) is 2.54. The summed E-state index contributed by atoms with van der Waals surface area (Å²) in [5.74, 6) is 0. The van der Waals surface area contributed by atoms with Crippen LogP contribution in [0.25, 0.3) is 0 Å². The Hall–Kier alpha value is -0.490. The van der Waals surface area contributed by atoms with Crippen LogP contribution < -0.4 is 0 Å². The van der Waals surface area contributed by atoms with Gasteiger partial charge in [0.1, 0.15) is 0 Å². The van der Waals surface area contributed by atoms with Gasteiger partial charge in [-0.25, -0.2) is 0 Å². The monoisotopic (exact) mass is 208 g/mol. The zero-order valence-electron chi connectivity index (χ0n) is 8.72. The van der Waals surface area contributed by atoms with Crippen LogP contribution >= 0.6 is 11.6 Å². The number of fused-ring (bicyclic) bond motifs is 1. The molecule has 0 amide bonds.